The summed E-state index contributed by atoms with van der Waals surface area (Å²) in [6.45, 7) is 0. The van der Waals surface area contributed by atoms with E-state index in [0.717, 1.165) is 83.1 Å². The molecule has 240 valence electrons. The minimum absolute atomic E-state index is 0.652. The second-order valence-electron chi connectivity index (χ2n) is 12.9. The minimum atomic E-state index is 0.652. The van der Waals surface area contributed by atoms with Crippen molar-refractivity contribution >= 4 is 61.1 Å². The molecule has 7 aromatic carbocycles. The molecule has 51 heavy (non-hydrogen) atoms. The number of allylic oxidation sites excluding steroid dienone is 1. The van der Waals surface area contributed by atoms with Gasteiger partial charge in [-0.15, -0.1) is 0 Å². The van der Waals surface area contributed by atoms with Gasteiger partial charge in [0.25, 0.3) is 0 Å². The molecule has 10 rings (SSSR count). The van der Waals surface area contributed by atoms with E-state index in [1.165, 1.54) is 11.1 Å². The molecule has 0 amide bonds. The zero-order chi connectivity index (χ0) is 33.7. The number of rotatable bonds is 5. The van der Waals surface area contributed by atoms with E-state index in [-0.39, 0.29) is 0 Å². The molecule has 4 nitrogen and oxygen atoms in total. The molecule has 0 radical (unpaired) electrons. The second-order valence-corrected chi connectivity index (χ2v) is 12.9. The second kappa shape index (κ2) is 12.0. The molecule has 1 aliphatic heterocycles. The molecule has 3 heterocycles. The fourth-order valence-corrected chi connectivity index (χ4v) is 7.27. The highest BCUT2D eigenvalue weighted by molar-refractivity contribution is 6.24. The van der Waals surface area contributed by atoms with Crippen LogP contribution in [0.25, 0.3) is 71.8 Å². The molecule has 0 bridgehead atoms. The Hall–Kier alpha value is -6.78. The fraction of sp³-hybridized carbons (Fsp3) is 0.0213. The number of nitrogens with zero attached hydrogens (tertiary/aromatic N) is 2. The topological polar surface area (TPSA) is 51.0 Å². The first-order valence-electron chi connectivity index (χ1n) is 17.2. The van der Waals surface area contributed by atoms with E-state index in [1.54, 1.807) is 0 Å². The van der Waals surface area contributed by atoms with Crippen molar-refractivity contribution in [3.05, 3.63) is 187 Å². The van der Waals surface area contributed by atoms with Crippen molar-refractivity contribution in [1.82, 2.24) is 0 Å². The summed E-state index contributed by atoms with van der Waals surface area (Å²) in [5.74, 6) is 0.657. The number of benzene rings is 7. The molecule has 0 unspecified atom stereocenters. The first-order valence-corrected chi connectivity index (χ1v) is 17.2. The van der Waals surface area contributed by atoms with Crippen LogP contribution in [-0.2, 0) is 0 Å². The maximum atomic E-state index is 6.72. The molecule has 0 saturated heterocycles. The third kappa shape index (κ3) is 5.08. The zero-order valence-electron chi connectivity index (χ0n) is 27.6. The van der Waals surface area contributed by atoms with Crippen molar-refractivity contribution in [3.8, 4) is 22.3 Å². The van der Waals surface area contributed by atoms with E-state index < -0.39 is 0 Å². The number of furan rings is 2. The van der Waals surface area contributed by atoms with Gasteiger partial charge in [-0.3, -0.25) is 0 Å². The Morgan fingerprint density at radius 3 is 1.78 bits per heavy atom. The highest BCUT2D eigenvalue weighted by Gasteiger charge is 2.22. The largest absolute Gasteiger partial charge is 0.456 e. The van der Waals surface area contributed by atoms with Crippen LogP contribution in [0.15, 0.2) is 189 Å². The van der Waals surface area contributed by atoms with E-state index in [9.17, 15) is 0 Å². The lowest BCUT2D eigenvalue weighted by molar-refractivity contribution is 0.668. The van der Waals surface area contributed by atoms with Crippen molar-refractivity contribution in [2.45, 2.75) is 6.42 Å². The van der Waals surface area contributed by atoms with Crippen LogP contribution in [0.4, 0.5) is 0 Å². The molecule has 1 aliphatic rings. The Labute approximate surface area is 294 Å². The summed E-state index contributed by atoms with van der Waals surface area (Å²) >= 11 is 0. The normalized spacial score (nSPS) is 13.4. The summed E-state index contributed by atoms with van der Waals surface area (Å²) < 4.78 is 12.9. The van der Waals surface area contributed by atoms with E-state index >= 15 is 0 Å². The molecule has 0 N–H and O–H groups in total. The van der Waals surface area contributed by atoms with Crippen molar-refractivity contribution in [3.63, 3.8) is 0 Å². The van der Waals surface area contributed by atoms with E-state index in [2.05, 4.69) is 127 Å². The SMILES string of the molecule is C1=C(c2ccc(-c3ccccc3)cc2)N=C(c2ccc(-c3ccc4oc5ccccc5c4c3)c3oc4ccccc4c23)N=C(c2ccccc2)C1. The highest BCUT2D eigenvalue weighted by atomic mass is 16.3. The van der Waals surface area contributed by atoms with Gasteiger partial charge in [-0.25, -0.2) is 9.98 Å². The van der Waals surface area contributed by atoms with Crippen LogP contribution in [0.5, 0.6) is 0 Å². The van der Waals surface area contributed by atoms with Gasteiger partial charge >= 0.3 is 0 Å². The number of fused-ring (bicyclic) bond motifs is 6. The van der Waals surface area contributed by atoms with Gasteiger partial charge in [0.05, 0.1) is 11.4 Å². The molecule has 2 aromatic heterocycles. The van der Waals surface area contributed by atoms with Gasteiger partial charge in [-0.05, 0) is 64.2 Å². The van der Waals surface area contributed by atoms with Crippen molar-refractivity contribution in [2.24, 2.45) is 9.98 Å². The molecule has 0 saturated carbocycles. The average molecular weight is 655 g/mol. The van der Waals surface area contributed by atoms with Gasteiger partial charge < -0.3 is 8.83 Å². The predicted octanol–water partition coefficient (Wildman–Crippen LogP) is 12.5. The third-order valence-corrected chi connectivity index (χ3v) is 9.81. The lowest BCUT2D eigenvalue weighted by atomic mass is 9.96. The first kappa shape index (κ1) is 29.2. The monoisotopic (exact) mass is 654 g/mol. The van der Waals surface area contributed by atoms with Crippen molar-refractivity contribution in [2.75, 3.05) is 0 Å². The van der Waals surface area contributed by atoms with Crippen LogP contribution in [0.1, 0.15) is 23.1 Å². The number of para-hydroxylation sites is 2. The number of aliphatic imine (C=N–C) groups is 2. The van der Waals surface area contributed by atoms with E-state index in [4.69, 9.17) is 18.8 Å². The third-order valence-electron chi connectivity index (χ3n) is 9.81. The van der Waals surface area contributed by atoms with Crippen LogP contribution >= 0.6 is 0 Å². The van der Waals surface area contributed by atoms with Crippen LogP contribution in [0, 0.1) is 0 Å². The zero-order valence-corrected chi connectivity index (χ0v) is 27.6. The van der Waals surface area contributed by atoms with Gasteiger partial charge in [-0.1, -0.05) is 133 Å². The lowest BCUT2D eigenvalue weighted by Gasteiger charge is -2.10. The van der Waals surface area contributed by atoms with Gasteiger partial charge in [0.2, 0.25) is 0 Å². The van der Waals surface area contributed by atoms with Crippen LogP contribution in [-0.4, -0.2) is 11.5 Å². The standard InChI is InChI=1S/C47H30N2O2/c1-3-11-30(12-4-1)31-19-21-33(22-20-31)41-27-26-40(32-13-5-2-6-14-32)48-47(49-41)38-25-24-35(46-45(38)37-16-8-10-18-43(37)51-46)34-23-28-44-39(29-34)36-15-7-9-17-42(36)50-44/h1-25,27-29H,26H2. The quantitative estimate of drug-likeness (QED) is 0.185. The summed E-state index contributed by atoms with van der Waals surface area (Å²) in [6, 6.07) is 56.6. The van der Waals surface area contributed by atoms with Gasteiger partial charge in [-0.2, -0.15) is 0 Å². The van der Waals surface area contributed by atoms with Gasteiger partial charge in [0.1, 0.15) is 22.3 Å². The molecule has 9 aromatic rings. The number of amidine groups is 1. The molecule has 0 fully saturated rings. The molecular weight excluding hydrogens is 625 g/mol. The van der Waals surface area contributed by atoms with E-state index in [0.29, 0.717) is 12.3 Å². The maximum absolute atomic E-state index is 6.72. The van der Waals surface area contributed by atoms with Gasteiger partial charge in [0, 0.05) is 39.1 Å². The van der Waals surface area contributed by atoms with Crippen molar-refractivity contribution in [1.29, 1.82) is 0 Å². The first-order chi connectivity index (χ1) is 25.3. The molecule has 0 atom stereocenters. The lowest BCUT2D eigenvalue weighted by Crippen LogP contribution is -2.05. The van der Waals surface area contributed by atoms with Gasteiger partial charge in [0.15, 0.2) is 5.84 Å². The smallest absolute Gasteiger partial charge is 0.160 e. The van der Waals surface area contributed by atoms with Crippen LogP contribution in [0.3, 0.4) is 0 Å². The highest BCUT2D eigenvalue weighted by Crippen LogP contribution is 2.41. The predicted molar refractivity (Wildman–Crippen MR) is 210 cm³/mol. The summed E-state index contributed by atoms with van der Waals surface area (Å²) in [4.78, 5) is 10.7. The Kier molecular flexibility index (Phi) is 6.85. The molecule has 4 heteroatoms. The summed E-state index contributed by atoms with van der Waals surface area (Å²) in [5, 5.41) is 4.20. The summed E-state index contributed by atoms with van der Waals surface area (Å²) in [5.41, 5.74) is 12.7. The number of hydrogen-bond acceptors (Lipinski definition) is 4. The maximum Gasteiger partial charge on any atom is 0.160 e. The van der Waals surface area contributed by atoms with Crippen LogP contribution in [0.2, 0.25) is 0 Å². The summed E-state index contributed by atoms with van der Waals surface area (Å²) in [7, 11) is 0. The average Bonchev–Trinajstić information content (AvgIpc) is 3.69. The number of hydrogen-bond donors (Lipinski definition) is 0. The van der Waals surface area contributed by atoms with E-state index in [1.807, 2.05) is 42.5 Å². The van der Waals surface area contributed by atoms with Crippen molar-refractivity contribution < 1.29 is 8.83 Å². The minimum Gasteiger partial charge on any atom is -0.456 e. The Morgan fingerprint density at radius 2 is 1.00 bits per heavy atom. The Balaban J connectivity index is 1.17. The Bertz CT molecular complexity index is 2860. The fourth-order valence-electron chi connectivity index (χ4n) is 7.27. The van der Waals surface area contributed by atoms with Crippen LogP contribution < -0.4 is 0 Å². The molecular formula is C47H30N2O2. The Morgan fingerprint density at radius 1 is 0.412 bits per heavy atom. The summed E-state index contributed by atoms with van der Waals surface area (Å²) in [6.07, 6.45) is 2.85. The molecule has 0 spiro atoms. The molecule has 0 aliphatic carbocycles.